The van der Waals surface area contributed by atoms with Gasteiger partial charge in [-0.25, -0.2) is 28.7 Å². The molecule has 11 rings (SSSR count). The number of carboxylic acid groups (broad SMARTS) is 2. The van der Waals surface area contributed by atoms with Crippen molar-refractivity contribution in [2.45, 2.75) is 102 Å². The fourth-order valence-corrected chi connectivity index (χ4v) is 12.2. The monoisotopic (exact) mass is 1100 g/mol. The van der Waals surface area contributed by atoms with Crippen molar-refractivity contribution in [2.75, 3.05) is 26.2 Å². The molecule has 2 aliphatic heterocycles. The second-order valence-corrected chi connectivity index (χ2v) is 21.6. The van der Waals surface area contributed by atoms with Gasteiger partial charge in [0.1, 0.15) is 0 Å². The number of imidazole rings is 2. The maximum atomic E-state index is 13.9. The van der Waals surface area contributed by atoms with E-state index in [1.807, 2.05) is 60.7 Å². The Labute approximate surface area is 477 Å². The highest BCUT2D eigenvalue weighted by Crippen LogP contribution is 2.33. The van der Waals surface area contributed by atoms with E-state index in [1.54, 1.807) is 50.6 Å². The number of para-hydroxylation sites is 2. The van der Waals surface area contributed by atoms with Crippen LogP contribution in [0.5, 0.6) is 0 Å². The molecule has 0 saturated carbocycles. The van der Waals surface area contributed by atoms with Crippen molar-refractivity contribution in [1.29, 1.82) is 0 Å². The van der Waals surface area contributed by atoms with E-state index in [9.17, 15) is 34.2 Å². The maximum Gasteiger partial charge on any atom is 0.407 e. The third-order valence-electron chi connectivity index (χ3n) is 16.1. The van der Waals surface area contributed by atoms with Gasteiger partial charge in [0.15, 0.2) is 5.65 Å². The third kappa shape index (κ3) is 13.8. The van der Waals surface area contributed by atoms with Gasteiger partial charge in [-0.05, 0) is 123 Å². The van der Waals surface area contributed by atoms with E-state index in [0.29, 0.717) is 67.4 Å². The van der Waals surface area contributed by atoms with E-state index in [4.69, 9.17) is 0 Å². The molecule has 82 heavy (non-hydrogen) atoms. The molecule has 16 nitrogen and oxygen atoms in total. The Hall–Kier alpha value is -8.86. The Morgan fingerprint density at radius 2 is 0.902 bits per heavy atom. The largest absolute Gasteiger partial charge is 0.465 e. The average molecular weight is 1100 g/mol. The number of fused-ring (bicyclic) bond motifs is 2. The summed E-state index contributed by atoms with van der Waals surface area (Å²) in [4.78, 5) is 79.6. The van der Waals surface area contributed by atoms with Crippen molar-refractivity contribution in [2.24, 2.45) is 0 Å². The van der Waals surface area contributed by atoms with Gasteiger partial charge in [-0.2, -0.15) is 0 Å². The number of nitrogens with zero attached hydrogens (tertiary/aromatic N) is 8. The second kappa shape index (κ2) is 27.1. The van der Waals surface area contributed by atoms with Gasteiger partial charge in [-0.3, -0.25) is 28.7 Å². The first-order valence-corrected chi connectivity index (χ1v) is 28.5. The first kappa shape index (κ1) is 56.4. The van der Waals surface area contributed by atoms with Crippen molar-refractivity contribution in [3.05, 3.63) is 243 Å². The quantitative estimate of drug-likeness (QED) is 0.0705. The number of benzene rings is 6. The summed E-state index contributed by atoms with van der Waals surface area (Å²) in [5, 5.41) is 20.0. The van der Waals surface area contributed by atoms with E-state index >= 15 is 0 Å². The fraction of sp³-hybridized carbons (Fsp3) is 0.303. The standard InChI is InChI=1S/C37H38N4O4.C29H33N5O3/c42-35(30-17-8-3-9-18-30)41-34-21-11-10-20-33(34)40(36(41)43)32-22-24-39(37(44)45)31(25-32)19-12-23-38(26-28-13-4-1-5-14-28)27-29-15-6-2-7-16-29;35-28-31-27-26(14-7-16-30-27)34(28)25-15-18-33(29(36)37)24(19-25)13-8-17-32(20-22-9-3-1-4-10-22)21-23-11-5-2-6-12-23/h1-11,13-18,20-21,31-32H,12,19,22-27H2,(H,44,45);1-7,9-12,14,16,24-25H,8,13,15,17-21H2,(H,36,37)(H,30,31,35)/t31-,32?;24-,25?/m00/s1. The van der Waals surface area contributed by atoms with Crippen LogP contribution in [0.25, 0.3) is 22.2 Å². The van der Waals surface area contributed by atoms with Gasteiger partial charge < -0.3 is 20.0 Å². The van der Waals surface area contributed by atoms with Crippen molar-refractivity contribution in [3.63, 3.8) is 0 Å². The smallest absolute Gasteiger partial charge is 0.407 e. The molecule has 6 aromatic carbocycles. The molecular weight excluding hydrogens is 1030 g/mol. The Morgan fingerprint density at radius 3 is 1.35 bits per heavy atom. The lowest BCUT2D eigenvalue weighted by atomic mass is 9.93. The maximum absolute atomic E-state index is 13.9. The normalized spacial score (nSPS) is 17.2. The highest BCUT2D eigenvalue weighted by molar-refractivity contribution is 6.01. The number of nitrogens with one attached hydrogen (secondary N) is 1. The molecule has 9 aromatic rings. The van der Waals surface area contributed by atoms with Crippen LogP contribution in [-0.2, 0) is 26.2 Å². The van der Waals surface area contributed by atoms with Crippen LogP contribution in [0.2, 0.25) is 0 Å². The summed E-state index contributed by atoms with van der Waals surface area (Å²) in [7, 11) is 0. The number of hydrogen-bond donors (Lipinski definition) is 3. The van der Waals surface area contributed by atoms with E-state index in [2.05, 4.69) is 117 Å². The zero-order valence-electron chi connectivity index (χ0n) is 46.1. The number of amides is 2. The van der Waals surface area contributed by atoms with Crippen molar-refractivity contribution >= 4 is 40.3 Å². The Kier molecular flexibility index (Phi) is 18.6. The van der Waals surface area contributed by atoms with Gasteiger partial charge in [0, 0.05) is 75.2 Å². The molecule has 0 bridgehead atoms. The number of H-pyrrole nitrogens is 1. The van der Waals surface area contributed by atoms with Crippen molar-refractivity contribution in [3.8, 4) is 0 Å². The summed E-state index contributed by atoms with van der Waals surface area (Å²) < 4.78 is 4.75. The Balaban J connectivity index is 0.000000187. The highest BCUT2D eigenvalue weighted by Gasteiger charge is 2.36. The molecule has 422 valence electrons. The van der Waals surface area contributed by atoms with Crippen molar-refractivity contribution < 1.29 is 24.6 Å². The van der Waals surface area contributed by atoms with Gasteiger partial charge >= 0.3 is 23.6 Å². The zero-order valence-corrected chi connectivity index (χ0v) is 46.1. The number of piperidine rings is 2. The van der Waals surface area contributed by atoms with Gasteiger partial charge in [0.05, 0.1) is 16.6 Å². The number of carbonyl (C=O) groups is 3. The second-order valence-electron chi connectivity index (χ2n) is 21.6. The summed E-state index contributed by atoms with van der Waals surface area (Å²) in [6.07, 6.45) is 5.19. The molecule has 2 fully saturated rings. The Morgan fingerprint density at radius 1 is 0.500 bits per heavy atom. The molecular formula is C66H71N9O7. The highest BCUT2D eigenvalue weighted by atomic mass is 16.4. The van der Waals surface area contributed by atoms with Crippen LogP contribution in [0.15, 0.2) is 204 Å². The van der Waals surface area contributed by atoms with Gasteiger partial charge in [-0.1, -0.05) is 152 Å². The molecule has 0 spiro atoms. The lowest BCUT2D eigenvalue weighted by Crippen LogP contribution is -2.47. The van der Waals surface area contributed by atoms with Crippen LogP contribution in [0.1, 0.15) is 96.1 Å². The number of pyridine rings is 1. The van der Waals surface area contributed by atoms with Crippen molar-refractivity contribution in [1.82, 2.24) is 43.3 Å². The summed E-state index contributed by atoms with van der Waals surface area (Å²) in [5.41, 5.74) is 7.47. The molecule has 2 amide bonds. The molecule has 2 unspecified atom stereocenters. The van der Waals surface area contributed by atoms with E-state index in [1.165, 1.54) is 31.7 Å². The summed E-state index contributed by atoms with van der Waals surface area (Å²) >= 11 is 0. The lowest BCUT2D eigenvalue weighted by molar-refractivity contribution is 0.0842. The first-order valence-electron chi connectivity index (χ1n) is 28.5. The minimum absolute atomic E-state index is 0.0595. The minimum atomic E-state index is -0.932. The molecule has 5 heterocycles. The lowest BCUT2D eigenvalue weighted by Gasteiger charge is -2.38. The molecule has 2 aliphatic rings. The molecule has 16 heteroatoms. The average Bonchev–Trinajstić information content (AvgIpc) is 4.15. The molecule has 3 aromatic heterocycles. The summed E-state index contributed by atoms with van der Waals surface area (Å²) in [6.45, 7) is 5.69. The first-order chi connectivity index (χ1) is 40.1. The number of likely N-dealkylation sites (tertiary alicyclic amines) is 2. The molecule has 0 radical (unpaired) electrons. The topological polar surface area (TPSA) is 182 Å². The third-order valence-corrected chi connectivity index (χ3v) is 16.1. The minimum Gasteiger partial charge on any atom is -0.465 e. The number of hydrogen-bond acceptors (Lipinski definition) is 8. The van der Waals surface area contributed by atoms with Crippen LogP contribution in [-0.4, -0.2) is 110 Å². The van der Waals surface area contributed by atoms with E-state index in [-0.39, 0.29) is 41.5 Å². The van der Waals surface area contributed by atoms with Crippen LogP contribution in [0.4, 0.5) is 9.59 Å². The van der Waals surface area contributed by atoms with Crippen LogP contribution in [0, 0.1) is 0 Å². The SMILES string of the molecule is O=C(O)N1CCC(n2c(=O)[nH]c3ncccc32)C[C@@H]1CCCN(Cc1ccccc1)Cc1ccccc1.O=C(O)N1CCC(n2c(=O)n(C(=O)c3ccccc3)c3ccccc32)C[C@@H]1CCCN(Cc1ccccc1)Cc1ccccc1. The van der Waals surface area contributed by atoms with Gasteiger partial charge in [0.2, 0.25) is 0 Å². The van der Waals surface area contributed by atoms with Crippen LogP contribution in [0.3, 0.4) is 0 Å². The van der Waals surface area contributed by atoms with Gasteiger partial charge in [0.25, 0.3) is 5.91 Å². The van der Waals surface area contributed by atoms with E-state index in [0.717, 1.165) is 64.0 Å². The molecule has 0 aliphatic carbocycles. The van der Waals surface area contributed by atoms with E-state index < -0.39 is 12.2 Å². The summed E-state index contributed by atoms with van der Waals surface area (Å²) in [6, 6.07) is 60.9. The van der Waals surface area contributed by atoms with Crippen LogP contribution < -0.4 is 11.4 Å². The number of carbonyl (C=O) groups excluding carboxylic acids is 1. The number of aromatic amines is 1. The number of aromatic nitrogens is 5. The molecule has 2 saturated heterocycles. The molecule has 4 atom stereocenters. The number of rotatable bonds is 19. The Bertz CT molecular complexity index is 3560. The molecule has 3 N–H and O–H groups in total. The predicted octanol–water partition coefficient (Wildman–Crippen LogP) is 11.5. The van der Waals surface area contributed by atoms with Crippen LogP contribution >= 0.6 is 0 Å². The van der Waals surface area contributed by atoms with Gasteiger partial charge in [-0.15, -0.1) is 0 Å². The predicted molar refractivity (Wildman–Crippen MR) is 319 cm³/mol. The zero-order chi connectivity index (χ0) is 56.8. The fourth-order valence-electron chi connectivity index (χ4n) is 12.2. The summed E-state index contributed by atoms with van der Waals surface area (Å²) in [5.74, 6) is -0.369.